The standard InChI is InChI=1S/C50H64F3N7O10/c1-4-23-68-45(66)57-21-17-46(18-22-57)15-19-56(20-16-46)42(63)39(33(2)69-31-47-11-9-36(10-12-47)70-32-47)55-40(61)38-27-58(28-48(38)29-59(30-48)44(65)49(13-14-49)50(51,52)53)41(62)35-24-54-60(26-35)25-34-7-5-6-8-37(34)43(64)67-3/h4-8,24,26,33,36,38-39H,1,9-23,25,27-32H2,2-3H3,(H,55,61)/t33-,36?,38+,39+,47?/m1/s1. The Morgan fingerprint density at radius 1 is 0.914 bits per heavy atom. The molecule has 380 valence electrons. The molecule has 5 amide bonds. The van der Waals surface area contributed by atoms with E-state index in [0.717, 1.165) is 43.4 Å². The van der Waals surface area contributed by atoms with Crippen LogP contribution in [0.2, 0.25) is 0 Å². The zero-order valence-corrected chi connectivity index (χ0v) is 40.0. The van der Waals surface area contributed by atoms with E-state index in [0.29, 0.717) is 63.4 Å². The molecule has 70 heavy (non-hydrogen) atoms. The van der Waals surface area contributed by atoms with Crippen LogP contribution in [0.5, 0.6) is 0 Å². The second-order valence-electron chi connectivity index (χ2n) is 21.1. The summed E-state index contributed by atoms with van der Waals surface area (Å²) in [4.78, 5) is 88.7. The minimum absolute atomic E-state index is 0.0329. The maximum atomic E-state index is 15.0. The van der Waals surface area contributed by atoms with Crippen LogP contribution >= 0.6 is 0 Å². The molecule has 0 unspecified atom stereocenters. The number of halogens is 3. The predicted octanol–water partition coefficient (Wildman–Crippen LogP) is 4.84. The fourth-order valence-electron chi connectivity index (χ4n) is 11.9. The summed E-state index contributed by atoms with van der Waals surface area (Å²) in [6, 6.07) is 5.69. The van der Waals surface area contributed by atoms with Crippen molar-refractivity contribution in [2.45, 2.75) is 102 Å². The number of likely N-dealkylation sites (tertiary alicyclic amines) is 4. The number of hydrogen-bond acceptors (Lipinski definition) is 11. The molecule has 1 aromatic heterocycles. The van der Waals surface area contributed by atoms with E-state index in [4.69, 9.17) is 18.9 Å². The molecule has 6 aliphatic heterocycles. The molecule has 7 heterocycles. The summed E-state index contributed by atoms with van der Waals surface area (Å²) in [5.41, 5.74) is -2.71. The summed E-state index contributed by atoms with van der Waals surface area (Å²) in [5, 5.41) is 7.42. The number of nitrogens with one attached hydrogen (secondary N) is 1. The molecule has 17 nitrogen and oxygen atoms in total. The summed E-state index contributed by atoms with van der Waals surface area (Å²) < 4.78 is 66.9. The Hall–Kier alpha value is -5.50. The van der Waals surface area contributed by atoms with Crippen molar-refractivity contribution in [1.82, 2.24) is 34.7 Å². The monoisotopic (exact) mass is 979 g/mol. The van der Waals surface area contributed by atoms with Gasteiger partial charge in [-0.15, -0.1) is 0 Å². The Balaban J connectivity index is 0.930. The number of hydrogen-bond donors (Lipinski definition) is 1. The van der Waals surface area contributed by atoms with Gasteiger partial charge < -0.3 is 43.9 Å². The second kappa shape index (κ2) is 19.3. The lowest BCUT2D eigenvalue weighted by molar-refractivity contribution is -0.205. The normalized spacial score (nSPS) is 26.0. The van der Waals surface area contributed by atoms with E-state index < -0.39 is 58.8 Å². The fraction of sp³-hybridized carbons (Fsp3) is 0.660. The molecule has 2 aliphatic carbocycles. The molecule has 20 heteroatoms. The van der Waals surface area contributed by atoms with Crippen LogP contribution in [0.1, 0.15) is 97.4 Å². The van der Waals surface area contributed by atoms with Crippen molar-refractivity contribution < 1.29 is 60.9 Å². The van der Waals surface area contributed by atoms with Crippen LogP contribution in [0, 0.1) is 27.6 Å². The zero-order chi connectivity index (χ0) is 49.6. The Labute approximate surface area is 405 Å². The zero-order valence-electron chi connectivity index (χ0n) is 40.0. The SMILES string of the molecule is C=CCOC(=O)N1CCC2(CC1)CCN(C(=O)[C@@H](NC(=O)[C@@H]1CN(C(=O)c3cnn(Cc4ccccc4C(=O)OC)c3)CC13CN(C(=O)C1(C(F)(F)F)CC1)C3)[C@@H](C)OCC13CCC(CC1)OC3)CC2. The molecule has 1 aromatic carbocycles. The van der Waals surface area contributed by atoms with Crippen molar-refractivity contribution >= 4 is 35.7 Å². The number of alkyl halides is 3. The Morgan fingerprint density at radius 2 is 1.57 bits per heavy atom. The first-order valence-electron chi connectivity index (χ1n) is 24.6. The first kappa shape index (κ1) is 49.5. The maximum Gasteiger partial charge on any atom is 0.410 e. The molecule has 8 fully saturated rings. The van der Waals surface area contributed by atoms with Crippen LogP contribution in [-0.4, -0.2) is 169 Å². The molecule has 2 saturated carbocycles. The molecule has 2 aromatic rings. The Morgan fingerprint density at radius 3 is 2.19 bits per heavy atom. The van der Waals surface area contributed by atoms with E-state index in [2.05, 4.69) is 17.0 Å². The number of amides is 5. The van der Waals surface area contributed by atoms with Crippen molar-refractivity contribution in [3.63, 3.8) is 0 Å². The Bertz CT molecular complexity index is 2320. The molecule has 3 atom stereocenters. The third kappa shape index (κ3) is 9.53. The molecular weight excluding hydrogens is 916 g/mol. The highest BCUT2D eigenvalue weighted by molar-refractivity contribution is 5.96. The number of carbonyl (C=O) groups is 6. The van der Waals surface area contributed by atoms with Crippen molar-refractivity contribution in [3.8, 4) is 0 Å². The number of rotatable bonds is 14. The Kier molecular flexibility index (Phi) is 13.6. The molecule has 6 saturated heterocycles. The van der Waals surface area contributed by atoms with Crippen molar-refractivity contribution in [1.29, 1.82) is 0 Å². The van der Waals surface area contributed by atoms with Gasteiger partial charge >= 0.3 is 18.2 Å². The first-order valence-corrected chi connectivity index (χ1v) is 24.6. The van der Waals surface area contributed by atoms with Crippen LogP contribution in [0.25, 0.3) is 0 Å². The highest BCUT2D eigenvalue weighted by Gasteiger charge is 2.72. The van der Waals surface area contributed by atoms with E-state index in [1.54, 1.807) is 41.0 Å². The van der Waals surface area contributed by atoms with Gasteiger partial charge in [-0.2, -0.15) is 18.3 Å². The van der Waals surface area contributed by atoms with Crippen molar-refractivity contribution in [3.05, 3.63) is 66.0 Å². The minimum Gasteiger partial charge on any atom is -0.465 e. The molecule has 0 radical (unpaired) electrons. The van der Waals surface area contributed by atoms with Gasteiger partial charge in [-0.1, -0.05) is 30.9 Å². The minimum atomic E-state index is -4.73. The van der Waals surface area contributed by atoms with Gasteiger partial charge in [0.25, 0.3) is 5.91 Å². The van der Waals surface area contributed by atoms with Crippen molar-refractivity contribution in [2.24, 2.45) is 27.6 Å². The average Bonchev–Trinajstić information content (AvgIpc) is 3.91. The summed E-state index contributed by atoms with van der Waals surface area (Å²) in [7, 11) is 1.28. The summed E-state index contributed by atoms with van der Waals surface area (Å²) in [6.45, 7) is 7.92. The third-order valence-corrected chi connectivity index (χ3v) is 16.7. The number of fused-ring (bicyclic) bond motifs is 3. The van der Waals surface area contributed by atoms with Crippen LogP contribution in [0.15, 0.2) is 49.3 Å². The first-order chi connectivity index (χ1) is 33.4. The highest BCUT2D eigenvalue weighted by Crippen LogP contribution is 2.60. The third-order valence-electron chi connectivity index (χ3n) is 16.7. The quantitative estimate of drug-likeness (QED) is 0.202. The topological polar surface area (TPSA) is 182 Å². The number of piperidine rings is 2. The number of aromatic nitrogens is 2. The average molecular weight is 980 g/mol. The van der Waals surface area contributed by atoms with Gasteiger partial charge in [0, 0.05) is 69.4 Å². The van der Waals surface area contributed by atoms with Crippen LogP contribution in [0.4, 0.5) is 18.0 Å². The van der Waals surface area contributed by atoms with Crippen molar-refractivity contribution in [2.75, 3.05) is 79.3 Å². The van der Waals surface area contributed by atoms with Gasteiger partial charge in [0.15, 0.2) is 0 Å². The summed E-state index contributed by atoms with van der Waals surface area (Å²) in [5.74, 6) is -3.92. The largest absolute Gasteiger partial charge is 0.465 e. The summed E-state index contributed by atoms with van der Waals surface area (Å²) in [6.07, 6.45) is 4.77. The van der Waals surface area contributed by atoms with Gasteiger partial charge in [-0.3, -0.25) is 23.9 Å². The molecule has 1 N–H and O–H groups in total. The number of esters is 1. The lowest BCUT2D eigenvalue weighted by Gasteiger charge is -2.51. The summed E-state index contributed by atoms with van der Waals surface area (Å²) >= 11 is 0. The van der Waals surface area contributed by atoms with E-state index >= 15 is 0 Å². The van der Waals surface area contributed by atoms with Gasteiger partial charge in [0.2, 0.25) is 17.7 Å². The van der Waals surface area contributed by atoms with E-state index in [9.17, 15) is 41.9 Å². The smallest absolute Gasteiger partial charge is 0.410 e. The number of nitrogens with zero attached hydrogens (tertiary/aromatic N) is 6. The number of methoxy groups -OCH3 is 1. The van der Waals surface area contributed by atoms with E-state index in [1.807, 2.05) is 0 Å². The van der Waals surface area contributed by atoms with Gasteiger partial charge in [0.05, 0.1) is 62.3 Å². The predicted molar refractivity (Wildman–Crippen MR) is 244 cm³/mol. The lowest BCUT2D eigenvalue weighted by atomic mass is 9.70. The maximum absolute atomic E-state index is 15.0. The molecule has 2 bridgehead atoms. The molecule has 2 spiro atoms. The molecular formula is C50H64F3N7O10. The van der Waals surface area contributed by atoms with Crippen LogP contribution in [0.3, 0.4) is 0 Å². The molecule has 8 aliphatic rings. The second-order valence-corrected chi connectivity index (χ2v) is 21.1. The van der Waals surface area contributed by atoms with Gasteiger partial charge in [-0.25, -0.2) is 9.59 Å². The van der Waals surface area contributed by atoms with E-state index in [-0.39, 0.29) is 86.7 Å². The fourth-order valence-corrected chi connectivity index (χ4v) is 11.9. The molecule has 10 rings (SSSR count). The van der Waals surface area contributed by atoms with E-state index in [1.165, 1.54) is 35.2 Å². The highest BCUT2D eigenvalue weighted by atomic mass is 19.4. The number of carbonyl (C=O) groups excluding carboxylic acids is 6. The van der Waals surface area contributed by atoms with Crippen LogP contribution < -0.4 is 5.32 Å². The lowest BCUT2D eigenvalue weighted by Crippen LogP contribution is -2.67. The van der Waals surface area contributed by atoms with Gasteiger partial charge in [0.1, 0.15) is 18.1 Å². The van der Waals surface area contributed by atoms with Gasteiger partial charge in [-0.05, 0) is 88.2 Å². The number of benzene rings is 1. The number of ether oxygens (including phenoxy) is 4. The van der Waals surface area contributed by atoms with Crippen LogP contribution in [-0.2, 0) is 39.9 Å².